The van der Waals surface area contributed by atoms with Gasteiger partial charge in [0, 0.05) is 45.0 Å². The Morgan fingerprint density at radius 3 is 1.55 bits per heavy atom. The molecule has 0 saturated heterocycles. The summed E-state index contributed by atoms with van der Waals surface area (Å²) < 4.78 is 0. The molecule has 0 aromatic heterocycles. The monoisotopic (exact) mass is 670 g/mol. The maximum absolute atomic E-state index is 2.59. The number of benzene rings is 6. The van der Waals surface area contributed by atoms with Crippen molar-refractivity contribution in [2.24, 2.45) is 5.41 Å². The molecule has 0 amide bonds. The number of rotatable bonds is 4. The minimum Gasteiger partial charge on any atom is -0.377 e. The van der Waals surface area contributed by atoms with Gasteiger partial charge in [0.1, 0.15) is 0 Å². The lowest BCUT2D eigenvalue weighted by Gasteiger charge is -2.34. The number of hydrogen-bond donors (Lipinski definition) is 0. The van der Waals surface area contributed by atoms with Gasteiger partial charge in [-0.2, -0.15) is 0 Å². The van der Waals surface area contributed by atoms with Gasteiger partial charge in [0.05, 0.1) is 0 Å². The summed E-state index contributed by atoms with van der Waals surface area (Å²) in [6, 6.07) is 37.8. The highest BCUT2D eigenvalue weighted by atomic mass is 15.1. The van der Waals surface area contributed by atoms with Gasteiger partial charge < -0.3 is 9.80 Å². The normalized spacial score (nSPS) is 20.7. The van der Waals surface area contributed by atoms with Crippen LogP contribution >= 0.6 is 0 Å². The highest BCUT2D eigenvalue weighted by Gasteiger charge is 2.65. The molecule has 2 heteroatoms. The molecule has 0 spiro atoms. The summed E-state index contributed by atoms with van der Waals surface area (Å²) in [4.78, 5) is 4.78. The maximum atomic E-state index is 2.59. The SMILES string of the molecule is CC(C)c1cc2cc(c1N(C)C)C(C)C1(C)CC1(C)c1cc(cc(C(C)C)c1N(C)C)-c1ccc3ccccc3c1-c1c-2ccc2ccccc12. The second-order valence-corrected chi connectivity index (χ2v) is 17.1. The fraction of sp³-hybridized carbons (Fsp3) is 0.347. The molecule has 3 atom stereocenters. The van der Waals surface area contributed by atoms with Crippen molar-refractivity contribution in [3.63, 3.8) is 0 Å². The Morgan fingerprint density at radius 1 is 0.588 bits per heavy atom. The lowest BCUT2D eigenvalue weighted by molar-refractivity contribution is 0.401. The van der Waals surface area contributed by atoms with E-state index >= 15 is 0 Å². The van der Waals surface area contributed by atoms with E-state index in [2.05, 4.69) is 184 Å². The summed E-state index contributed by atoms with van der Waals surface area (Å²) in [7, 11) is 8.98. The molecule has 3 unspecified atom stereocenters. The molecule has 0 radical (unpaired) electrons. The van der Waals surface area contributed by atoms with Gasteiger partial charge in [0.25, 0.3) is 0 Å². The van der Waals surface area contributed by atoms with E-state index in [1.807, 2.05) is 0 Å². The van der Waals surface area contributed by atoms with Crippen molar-refractivity contribution in [3.05, 3.63) is 119 Å². The van der Waals surface area contributed by atoms with Crippen LogP contribution in [0.25, 0.3) is 54.9 Å². The van der Waals surface area contributed by atoms with Crippen molar-refractivity contribution in [1.29, 1.82) is 0 Å². The number of hydrogen-bond acceptors (Lipinski definition) is 2. The minimum atomic E-state index is 0.00780. The molecule has 0 aliphatic heterocycles. The summed E-state index contributed by atoms with van der Waals surface area (Å²) in [6.45, 7) is 17.1. The molecule has 6 aromatic rings. The third-order valence-electron chi connectivity index (χ3n) is 13.0. The van der Waals surface area contributed by atoms with Crippen LogP contribution in [0.4, 0.5) is 11.4 Å². The van der Waals surface area contributed by atoms with Gasteiger partial charge in [-0.25, -0.2) is 0 Å². The molecule has 1 saturated carbocycles. The van der Waals surface area contributed by atoms with Crippen LogP contribution in [0.1, 0.15) is 94.9 Å². The van der Waals surface area contributed by atoms with Crippen LogP contribution in [-0.2, 0) is 5.41 Å². The quantitative estimate of drug-likeness (QED) is 0.184. The first kappa shape index (κ1) is 33.6. The Kier molecular flexibility index (Phi) is 7.73. The second kappa shape index (κ2) is 11.7. The Morgan fingerprint density at radius 2 is 1.06 bits per heavy atom. The van der Waals surface area contributed by atoms with Crippen molar-refractivity contribution in [2.75, 3.05) is 38.0 Å². The van der Waals surface area contributed by atoms with E-state index in [1.54, 1.807) is 0 Å². The predicted octanol–water partition coefficient (Wildman–Crippen LogP) is 13.2. The zero-order chi connectivity index (χ0) is 36.1. The fourth-order valence-electron chi connectivity index (χ4n) is 9.92. The molecule has 6 aromatic carbocycles. The Balaban J connectivity index is 1.64. The molecule has 0 heterocycles. The standard InChI is InChI=1S/C49H54N2/c1-29(2)40-24-34-26-42(46(40)50(8)9)31(5)48(6)28-49(48,7)43-27-35(25-41(30(3)4)47(43)51(10)11)39-23-21-33-17-13-15-19-37(33)45(39)44-36-18-14-12-16-32(36)20-22-38(34)44/h12-27,29-31H,28H2,1-11H3. The molecule has 2 aliphatic rings. The van der Waals surface area contributed by atoms with Crippen LogP contribution in [0.2, 0.25) is 0 Å². The smallest absolute Gasteiger partial charge is 0.0435 e. The van der Waals surface area contributed by atoms with Crippen molar-refractivity contribution in [3.8, 4) is 33.4 Å². The van der Waals surface area contributed by atoms with Crippen molar-refractivity contribution < 1.29 is 0 Å². The first-order valence-corrected chi connectivity index (χ1v) is 19.0. The highest BCUT2D eigenvalue weighted by Crippen LogP contribution is 2.72. The number of nitrogens with zero attached hydrogens (tertiary/aromatic N) is 2. The largest absolute Gasteiger partial charge is 0.377 e. The number of fused-ring (bicyclic) bond motifs is 15. The van der Waals surface area contributed by atoms with Gasteiger partial charge >= 0.3 is 0 Å². The van der Waals surface area contributed by atoms with E-state index in [-0.39, 0.29) is 10.8 Å². The van der Waals surface area contributed by atoms with Crippen LogP contribution in [0, 0.1) is 5.41 Å². The van der Waals surface area contributed by atoms with Crippen LogP contribution in [0.5, 0.6) is 0 Å². The summed E-state index contributed by atoms with van der Waals surface area (Å²) in [5.41, 5.74) is 16.6. The minimum absolute atomic E-state index is 0.00780. The van der Waals surface area contributed by atoms with E-state index < -0.39 is 0 Å². The molecule has 8 rings (SSSR count). The van der Waals surface area contributed by atoms with Crippen molar-refractivity contribution >= 4 is 32.9 Å². The third kappa shape index (κ3) is 4.89. The zero-order valence-electron chi connectivity index (χ0n) is 32.6. The Labute approximate surface area is 306 Å². The number of anilines is 2. The molecule has 2 nitrogen and oxygen atoms in total. The van der Waals surface area contributed by atoms with Crippen LogP contribution in [-0.4, -0.2) is 28.2 Å². The first-order valence-electron chi connectivity index (χ1n) is 19.0. The molecular formula is C49H54N2. The average molecular weight is 671 g/mol. The zero-order valence-corrected chi connectivity index (χ0v) is 32.6. The van der Waals surface area contributed by atoms with Gasteiger partial charge in [0.2, 0.25) is 0 Å². The van der Waals surface area contributed by atoms with Gasteiger partial charge in [-0.3, -0.25) is 0 Å². The molecule has 4 bridgehead atoms. The second-order valence-electron chi connectivity index (χ2n) is 17.1. The molecule has 1 fully saturated rings. The van der Waals surface area contributed by atoms with Crippen molar-refractivity contribution in [1.82, 2.24) is 0 Å². The average Bonchev–Trinajstić information content (AvgIpc) is 3.70. The van der Waals surface area contributed by atoms with Gasteiger partial charge in [-0.05, 0) is 131 Å². The summed E-state index contributed by atoms with van der Waals surface area (Å²) in [6.07, 6.45) is 1.16. The molecule has 51 heavy (non-hydrogen) atoms. The van der Waals surface area contributed by atoms with Crippen LogP contribution < -0.4 is 9.80 Å². The van der Waals surface area contributed by atoms with E-state index in [1.165, 1.54) is 88.6 Å². The lowest BCUT2D eigenvalue weighted by Crippen LogP contribution is -2.25. The fourth-order valence-corrected chi connectivity index (χ4v) is 9.92. The van der Waals surface area contributed by atoms with Gasteiger partial charge in [-0.15, -0.1) is 0 Å². The maximum Gasteiger partial charge on any atom is 0.0435 e. The van der Waals surface area contributed by atoms with E-state index in [0.29, 0.717) is 17.8 Å². The van der Waals surface area contributed by atoms with Crippen LogP contribution in [0.3, 0.4) is 0 Å². The van der Waals surface area contributed by atoms with Crippen LogP contribution in [0.15, 0.2) is 97.1 Å². The summed E-state index contributed by atoms with van der Waals surface area (Å²) in [5, 5.41) is 5.15. The lowest BCUT2D eigenvalue weighted by atomic mass is 9.74. The molecular weight excluding hydrogens is 617 g/mol. The third-order valence-corrected chi connectivity index (χ3v) is 13.0. The van der Waals surface area contributed by atoms with Crippen molar-refractivity contribution in [2.45, 2.75) is 78.1 Å². The van der Waals surface area contributed by atoms with E-state index in [9.17, 15) is 0 Å². The molecule has 260 valence electrons. The highest BCUT2D eigenvalue weighted by molar-refractivity contribution is 6.15. The Hall–Kier alpha value is -4.56. The summed E-state index contributed by atoms with van der Waals surface area (Å²) >= 11 is 0. The molecule has 2 aliphatic carbocycles. The van der Waals surface area contributed by atoms with E-state index in [4.69, 9.17) is 0 Å². The van der Waals surface area contributed by atoms with E-state index in [0.717, 1.165) is 6.42 Å². The topological polar surface area (TPSA) is 6.48 Å². The summed E-state index contributed by atoms with van der Waals surface area (Å²) in [5.74, 6) is 1.10. The predicted molar refractivity (Wildman–Crippen MR) is 223 cm³/mol. The molecule has 0 N–H and O–H groups in total. The Bertz CT molecular complexity index is 2360. The van der Waals surface area contributed by atoms with Gasteiger partial charge in [-0.1, -0.05) is 121 Å². The first-order chi connectivity index (χ1) is 24.3. The van der Waals surface area contributed by atoms with Gasteiger partial charge in [0.15, 0.2) is 0 Å².